The fourth-order valence-corrected chi connectivity index (χ4v) is 1.75. The second-order valence-corrected chi connectivity index (χ2v) is 4.31. The van der Waals surface area contributed by atoms with Gasteiger partial charge in [-0.2, -0.15) is 0 Å². The molecule has 0 aromatic rings. The average Bonchev–Trinajstić information content (AvgIpc) is 2.46. The van der Waals surface area contributed by atoms with E-state index in [4.69, 9.17) is 5.73 Å². The van der Waals surface area contributed by atoms with E-state index in [1.165, 1.54) is 12.4 Å². The van der Waals surface area contributed by atoms with Crippen LogP contribution < -0.4 is 5.73 Å². The van der Waals surface area contributed by atoms with Crippen molar-refractivity contribution in [2.45, 2.75) is 13.3 Å². The lowest BCUT2D eigenvalue weighted by Crippen LogP contribution is -2.21. The third kappa shape index (κ3) is 4.17. The molecular formula is C15H20N4O2. The van der Waals surface area contributed by atoms with Gasteiger partial charge in [0.05, 0.1) is 23.2 Å². The third-order valence-electron chi connectivity index (χ3n) is 2.79. The van der Waals surface area contributed by atoms with Crippen LogP contribution in [0.2, 0.25) is 0 Å². The monoisotopic (exact) mass is 288 g/mol. The quantitative estimate of drug-likeness (QED) is 0.595. The molecule has 6 nitrogen and oxygen atoms in total. The molecule has 0 aromatic heterocycles. The molecule has 6 heteroatoms. The molecule has 0 fully saturated rings. The van der Waals surface area contributed by atoms with Crippen LogP contribution >= 0.6 is 0 Å². The number of carbonyl (C=O) groups is 1. The molecule has 112 valence electrons. The van der Waals surface area contributed by atoms with Crippen molar-refractivity contribution in [3.05, 3.63) is 47.1 Å². The molecule has 1 aliphatic rings. The van der Waals surface area contributed by atoms with Crippen LogP contribution in [0, 0.1) is 0 Å². The van der Waals surface area contributed by atoms with E-state index in [2.05, 4.69) is 9.98 Å². The van der Waals surface area contributed by atoms with E-state index in [-0.39, 0.29) is 5.57 Å². The molecule has 0 aromatic carbocycles. The summed E-state index contributed by atoms with van der Waals surface area (Å²) in [5, 5.41) is 9.30. The maximum absolute atomic E-state index is 11.4. The zero-order chi connectivity index (χ0) is 15.8. The summed E-state index contributed by atoms with van der Waals surface area (Å²) >= 11 is 0. The number of carboxylic acid groups (broad SMARTS) is 1. The number of hydrogen-bond acceptors (Lipinski definition) is 5. The summed E-state index contributed by atoms with van der Waals surface area (Å²) in [6, 6.07) is 0. The number of carboxylic acids is 1. The Labute approximate surface area is 124 Å². The largest absolute Gasteiger partial charge is 0.478 e. The molecular weight excluding hydrogens is 268 g/mol. The predicted molar refractivity (Wildman–Crippen MR) is 85.1 cm³/mol. The molecule has 0 aliphatic carbocycles. The number of nitrogens with zero attached hydrogens (tertiary/aromatic N) is 3. The van der Waals surface area contributed by atoms with Crippen LogP contribution in [-0.4, -0.2) is 42.5 Å². The highest BCUT2D eigenvalue weighted by molar-refractivity contribution is 5.99. The number of aliphatic imine (C=N–C) groups is 2. The minimum atomic E-state index is -0.991. The maximum Gasteiger partial charge on any atom is 0.337 e. The van der Waals surface area contributed by atoms with Crippen molar-refractivity contribution in [2.24, 2.45) is 15.7 Å². The topological polar surface area (TPSA) is 91.3 Å². The van der Waals surface area contributed by atoms with E-state index in [0.717, 1.165) is 6.42 Å². The van der Waals surface area contributed by atoms with E-state index in [1.807, 2.05) is 6.92 Å². The fraction of sp³-hybridized carbons (Fsp3) is 0.267. The number of hydrogen-bond donors (Lipinski definition) is 2. The van der Waals surface area contributed by atoms with Gasteiger partial charge in [0, 0.05) is 38.3 Å². The van der Waals surface area contributed by atoms with Gasteiger partial charge in [-0.25, -0.2) is 4.79 Å². The summed E-state index contributed by atoms with van der Waals surface area (Å²) in [5.74, 6) is -0.991. The summed E-state index contributed by atoms with van der Waals surface area (Å²) in [5.41, 5.74) is 7.54. The Bertz CT molecular complexity index is 580. The van der Waals surface area contributed by atoms with Gasteiger partial charge >= 0.3 is 5.97 Å². The molecule has 0 spiro atoms. The zero-order valence-corrected chi connectivity index (χ0v) is 12.4. The van der Waals surface area contributed by atoms with Gasteiger partial charge in [0.15, 0.2) is 0 Å². The van der Waals surface area contributed by atoms with Crippen molar-refractivity contribution in [2.75, 3.05) is 14.1 Å². The first-order valence-corrected chi connectivity index (χ1v) is 6.52. The minimum Gasteiger partial charge on any atom is -0.478 e. The number of rotatable bonds is 5. The lowest BCUT2D eigenvalue weighted by Gasteiger charge is -2.22. The SMILES string of the molecule is CC/C=C\C(C(=O)O)=C1\C=NC(/C(C=NC)=C/N)=CN1C. The average molecular weight is 288 g/mol. The molecule has 0 unspecified atom stereocenters. The highest BCUT2D eigenvalue weighted by Crippen LogP contribution is 2.20. The van der Waals surface area contributed by atoms with Gasteiger partial charge in [-0.3, -0.25) is 9.98 Å². The second-order valence-electron chi connectivity index (χ2n) is 4.31. The smallest absolute Gasteiger partial charge is 0.337 e. The highest BCUT2D eigenvalue weighted by atomic mass is 16.4. The molecule has 0 saturated heterocycles. The van der Waals surface area contributed by atoms with Crippen molar-refractivity contribution >= 4 is 18.4 Å². The molecule has 1 heterocycles. The Hall–Kier alpha value is -2.63. The minimum absolute atomic E-state index is 0.195. The van der Waals surface area contributed by atoms with Crippen molar-refractivity contribution in [1.29, 1.82) is 0 Å². The number of allylic oxidation sites excluding steroid dienone is 3. The lowest BCUT2D eigenvalue weighted by molar-refractivity contribution is -0.132. The van der Waals surface area contributed by atoms with E-state index in [9.17, 15) is 9.90 Å². The molecule has 3 N–H and O–H groups in total. The second kappa shape index (κ2) is 7.84. The predicted octanol–water partition coefficient (Wildman–Crippen LogP) is 1.69. The van der Waals surface area contributed by atoms with Crippen LogP contribution in [0.4, 0.5) is 0 Å². The molecule has 21 heavy (non-hydrogen) atoms. The molecule has 1 rings (SSSR count). The fourth-order valence-electron chi connectivity index (χ4n) is 1.75. The van der Waals surface area contributed by atoms with E-state index in [0.29, 0.717) is 17.0 Å². The Morgan fingerprint density at radius 2 is 2.29 bits per heavy atom. The van der Waals surface area contributed by atoms with Crippen LogP contribution in [0.5, 0.6) is 0 Å². The first kappa shape index (κ1) is 16.4. The van der Waals surface area contributed by atoms with E-state index < -0.39 is 5.97 Å². The molecule has 0 saturated carbocycles. The summed E-state index contributed by atoms with van der Waals surface area (Å²) in [6.45, 7) is 1.94. The zero-order valence-electron chi connectivity index (χ0n) is 12.4. The summed E-state index contributed by atoms with van der Waals surface area (Å²) < 4.78 is 0. The van der Waals surface area contributed by atoms with Gasteiger partial charge in [-0.05, 0) is 12.5 Å². The molecule has 0 bridgehead atoms. The van der Waals surface area contributed by atoms with Crippen LogP contribution in [0.25, 0.3) is 0 Å². The number of nitrogens with two attached hydrogens (primary N) is 1. The van der Waals surface area contributed by atoms with Gasteiger partial charge < -0.3 is 15.7 Å². The first-order valence-electron chi connectivity index (χ1n) is 6.52. The first-order chi connectivity index (χ1) is 10.0. The van der Waals surface area contributed by atoms with Crippen LogP contribution in [0.15, 0.2) is 57.1 Å². The highest BCUT2D eigenvalue weighted by Gasteiger charge is 2.17. The maximum atomic E-state index is 11.4. The van der Waals surface area contributed by atoms with Gasteiger partial charge in [-0.15, -0.1) is 0 Å². The van der Waals surface area contributed by atoms with Gasteiger partial charge in [-0.1, -0.05) is 13.0 Å². The Morgan fingerprint density at radius 3 is 2.76 bits per heavy atom. The van der Waals surface area contributed by atoms with Crippen molar-refractivity contribution in [3.63, 3.8) is 0 Å². The molecule has 0 radical (unpaired) electrons. The van der Waals surface area contributed by atoms with Gasteiger partial charge in [0.1, 0.15) is 0 Å². The molecule has 0 atom stereocenters. The van der Waals surface area contributed by atoms with Crippen molar-refractivity contribution in [3.8, 4) is 0 Å². The standard InChI is InChI=1S/C15H20N4O2/c1-4-5-6-12(15(20)21)14-9-18-13(10-19(14)3)11(7-16)8-17-2/h5-10H,4,16H2,1-3H3,(H,20,21)/b6-5-,11-7+,14-12+,17-8?. The summed E-state index contributed by atoms with van der Waals surface area (Å²) in [6.07, 6.45) is 10.4. The van der Waals surface area contributed by atoms with Gasteiger partial charge in [0.25, 0.3) is 0 Å². The van der Waals surface area contributed by atoms with Gasteiger partial charge in [0.2, 0.25) is 0 Å². The Kier molecular flexibility index (Phi) is 6.13. The lowest BCUT2D eigenvalue weighted by atomic mass is 10.1. The Morgan fingerprint density at radius 1 is 1.57 bits per heavy atom. The van der Waals surface area contributed by atoms with Crippen LogP contribution in [0.1, 0.15) is 13.3 Å². The third-order valence-corrected chi connectivity index (χ3v) is 2.79. The van der Waals surface area contributed by atoms with Crippen LogP contribution in [-0.2, 0) is 4.79 Å². The normalized spacial score (nSPS) is 18.5. The summed E-state index contributed by atoms with van der Waals surface area (Å²) in [7, 11) is 3.41. The van der Waals surface area contributed by atoms with E-state index >= 15 is 0 Å². The number of aliphatic carboxylic acids is 1. The molecule has 0 amide bonds. The molecule has 1 aliphatic heterocycles. The Balaban J connectivity index is 3.20. The van der Waals surface area contributed by atoms with Crippen molar-refractivity contribution in [1.82, 2.24) is 4.90 Å². The van der Waals surface area contributed by atoms with Crippen molar-refractivity contribution < 1.29 is 9.90 Å². The summed E-state index contributed by atoms with van der Waals surface area (Å²) in [4.78, 5) is 21.2. The van der Waals surface area contributed by atoms with Crippen LogP contribution in [0.3, 0.4) is 0 Å². The van der Waals surface area contributed by atoms with E-state index in [1.54, 1.807) is 43.6 Å².